The summed E-state index contributed by atoms with van der Waals surface area (Å²) in [5.74, 6) is -0.473. The van der Waals surface area contributed by atoms with Crippen LogP contribution in [0.2, 0.25) is 0 Å². The van der Waals surface area contributed by atoms with Crippen molar-refractivity contribution in [1.29, 1.82) is 0 Å². The number of benzene rings is 3. The van der Waals surface area contributed by atoms with Crippen LogP contribution in [-0.2, 0) is 0 Å². The minimum atomic E-state index is -0.254. The summed E-state index contributed by atoms with van der Waals surface area (Å²) in [5, 5.41) is 15.1. The summed E-state index contributed by atoms with van der Waals surface area (Å²) in [5.41, 5.74) is 5.23. The molecule has 3 N–H and O–H groups in total. The molecule has 218 valence electrons. The molecule has 0 bridgehead atoms. The minimum Gasteiger partial charge on any atom is -0.494 e. The van der Waals surface area contributed by atoms with Gasteiger partial charge in [0.2, 0.25) is 0 Å². The van der Waals surface area contributed by atoms with Crippen LogP contribution in [0.25, 0.3) is 10.9 Å². The summed E-state index contributed by atoms with van der Waals surface area (Å²) < 4.78 is 0. The number of likely N-dealkylation sites (N-methyl/N-ethyl adjacent to an activating group) is 1. The summed E-state index contributed by atoms with van der Waals surface area (Å²) in [6.45, 7) is 7.76. The van der Waals surface area contributed by atoms with Crippen LogP contribution in [0.15, 0.2) is 71.7 Å². The molecule has 1 fully saturated rings. The predicted octanol–water partition coefficient (Wildman–Crippen LogP) is 5.93. The molecule has 0 unspecified atom stereocenters. The zero-order valence-electron chi connectivity index (χ0n) is 24.2. The van der Waals surface area contributed by atoms with Crippen LogP contribution in [0.5, 0.6) is 5.88 Å². The van der Waals surface area contributed by atoms with E-state index in [1.807, 2.05) is 19.1 Å². The number of hydrogen-bond acceptors (Lipinski definition) is 8. The van der Waals surface area contributed by atoms with Crippen LogP contribution in [0.4, 0.5) is 17.1 Å². The maximum absolute atomic E-state index is 13.4. The van der Waals surface area contributed by atoms with E-state index in [9.17, 15) is 14.7 Å². The molecule has 1 aliphatic heterocycles. The normalized spacial score (nSPS) is 14.1. The van der Waals surface area contributed by atoms with E-state index < -0.39 is 0 Å². The maximum Gasteiger partial charge on any atom is 0.267 e. The van der Waals surface area contributed by atoms with E-state index in [0.717, 1.165) is 42.3 Å². The van der Waals surface area contributed by atoms with Gasteiger partial charge in [-0.3, -0.25) is 14.6 Å². The van der Waals surface area contributed by atoms with E-state index in [1.165, 1.54) is 17.0 Å². The quantitative estimate of drug-likeness (QED) is 0.159. The number of aromatic amines is 1. The zero-order chi connectivity index (χ0) is 30.1. The molecule has 1 saturated heterocycles. The highest BCUT2D eigenvalue weighted by Gasteiger charge is 2.17. The highest BCUT2D eigenvalue weighted by molar-refractivity contribution is 7.13. The number of nitrogens with one attached hydrogen (secondary N) is 2. The fraction of sp³-hybridized carbons (Fsp3) is 0.212. The van der Waals surface area contributed by atoms with Gasteiger partial charge in [0.15, 0.2) is 11.7 Å². The van der Waals surface area contributed by atoms with Crippen LogP contribution in [0.3, 0.4) is 0 Å². The van der Waals surface area contributed by atoms with Gasteiger partial charge in [0, 0.05) is 65.8 Å². The third-order valence-electron chi connectivity index (χ3n) is 7.63. The van der Waals surface area contributed by atoms with Crippen molar-refractivity contribution < 1.29 is 14.7 Å². The molecule has 0 atom stereocenters. The van der Waals surface area contributed by atoms with Gasteiger partial charge < -0.3 is 25.2 Å². The summed E-state index contributed by atoms with van der Waals surface area (Å²) in [6, 6.07) is 20.2. The number of nitrogens with zero attached hydrogens (tertiary/aromatic N) is 4. The van der Waals surface area contributed by atoms with E-state index in [2.05, 4.69) is 49.3 Å². The van der Waals surface area contributed by atoms with Gasteiger partial charge in [0.05, 0.1) is 22.0 Å². The van der Waals surface area contributed by atoms with Crippen molar-refractivity contribution in [2.24, 2.45) is 4.99 Å². The lowest BCUT2D eigenvalue weighted by Crippen LogP contribution is -2.44. The van der Waals surface area contributed by atoms with Crippen LogP contribution < -0.4 is 10.2 Å². The molecule has 3 aromatic carbocycles. The predicted molar refractivity (Wildman–Crippen MR) is 173 cm³/mol. The lowest BCUT2D eigenvalue weighted by molar-refractivity contribution is 0.102. The third-order valence-corrected chi connectivity index (χ3v) is 8.70. The van der Waals surface area contributed by atoms with Crippen molar-refractivity contribution >= 4 is 57.2 Å². The molecule has 0 aliphatic carbocycles. The Kier molecular flexibility index (Phi) is 7.79. The number of fused-ring (bicyclic) bond motifs is 1. The van der Waals surface area contributed by atoms with Crippen LogP contribution in [-0.4, -0.2) is 71.1 Å². The second-order valence-corrected chi connectivity index (χ2v) is 11.9. The topological polar surface area (TPSA) is 114 Å². The summed E-state index contributed by atoms with van der Waals surface area (Å²) in [6.07, 6.45) is 1.64. The number of thiazole rings is 1. The van der Waals surface area contributed by atoms with Crippen molar-refractivity contribution in [3.05, 3.63) is 99.0 Å². The Balaban J connectivity index is 1.17. The Morgan fingerprint density at radius 3 is 2.47 bits per heavy atom. The number of anilines is 2. The SMILES string of the molecule is Cc1nc(C)c(C(=O)Nc2cccc(C(=O)c3ccc4c(C=Nc5ccc(N6CCN(C)CC6)cc5)c(O)[nH]c4c3)c2)s1. The number of aromatic nitrogens is 2. The van der Waals surface area contributed by atoms with Crippen LogP contribution in [0, 0.1) is 13.8 Å². The van der Waals surface area contributed by atoms with Crippen molar-refractivity contribution in [3.8, 4) is 5.88 Å². The third kappa shape index (κ3) is 6.06. The number of rotatable bonds is 7. The highest BCUT2D eigenvalue weighted by Crippen LogP contribution is 2.29. The van der Waals surface area contributed by atoms with Gasteiger partial charge in [-0.2, -0.15) is 0 Å². The number of piperazine rings is 1. The fourth-order valence-electron chi connectivity index (χ4n) is 5.26. The number of H-pyrrole nitrogens is 1. The van der Waals surface area contributed by atoms with Gasteiger partial charge in [-0.25, -0.2) is 4.98 Å². The van der Waals surface area contributed by atoms with Crippen molar-refractivity contribution in [2.75, 3.05) is 43.4 Å². The Hall–Kier alpha value is -4.80. The number of aliphatic imine (C=N–C) groups is 1. The van der Waals surface area contributed by atoms with E-state index in [1.54, 1.807) is 55.6 Å². The van der Waals surface area contributed by atoms with Crippen LogP contribution in [0.1, 0.15) is 41.9 Å². The van der Waals surface area contributed by atoms with E-state index in [0.29, 0.717) is 38.5 Å². The molecule has 10 heteroatoms. The second kappa shape index (κ2) is 11.8. The molecule has 3 heterocycles. The first-order valence-electron chi connectivity index (χ1n) is 14.1. The first-order valence-corrected chi connectivity index (χ1v) is 14.9. The monoisotopic (exact) mass is 592 g/mol. The van der Waals surface area contributed by atoms with Gasteiger partial charge in [-0.1, -0.05) is 24.3 Å². The van der Waals surface area contributed by atoms with E-state index in [-0.39, 0.29) is 17.6 Å². The van der Waals surface area contributed by atoms with Crippen molar-refractivity contribution in [1.82, 2.24) is 14.9 Å². The van der Waals surface area contributed by atoms with Gasteiger partial charge in [0.1, 0.15) is 4.88 Å². The Morgan fingerprint density at radius 2 is 1.74 bits per heavy atom. The van der Waals surface area contributed by atoms with Crippen molar-refractivity contribution in [3.63, 3.8) is 0 Å². The average Bonchev–Trinajstić information content (AvgIpc) is 3.52. The zero-order valence-corrected chi connectivity index (χ0v) is 25.0. The molecule has 9 nitrogen and oxygen atoms in total. The number of hydrogen-bond donors (Lipinski definition) is 3. The number of carbonyl (C=O) groups is 2. The lowest BCUT2D eigenvalue weighted by atomic mass is 10.0. The van der Waals surface area contributed by atoms with Gasteiger partial charge in [-0.15, -0.1) is 11.3 Å². The summed E-state index contributed by atoms with van der Waals surface area (Å²) in [7, 11) is 2.14. The molecule has 1 amide bonds. The van der Waals surface area contributed by atoms with Gasteiger partial charge in [-0.05, 0) is 63.4 Å². The first kappa shape index (κ1) is 28.3. The van der Waals surface area contributed by atoms with Gasteiger partial charge >= 0.3 is 0 Å². The summed E-state index contributed by atoms with van der Waals surface area (Å²) in [4.78, 5) is 43.2. The molecule has 5 aromatic rings. The molecule has 6 rings (SSSR count). The van der Waals surface area contributed by atoms with Crippen molar-refractivity contribution in [2.45, 2.75) is 13.8 Å². The molecular weight excluding hydrogens is 560 g/mol. The van der Waals surface area contributed by atoms with E-state index in [4.69, 9.17) is 0 Å². The second-order valence-electron chi connectivity index (χ2n) is 10.7. The smallest absolute Gasteiger partial charge is 0.267 e. The molecular formula is C33H32N6O3S. The maximum atomic E-state index is 13.4. The minimum absolute atomic E-state index is 0.0179. The Labute approximate surface area is 253 Å². The molecule has 0 saturated carbocycles. The molecule has 43 heavy (non-hydrogen) atoms. The van der Waals surface area contributed by atoms with Gasteiger partial charge in [0.25, 0.3) is 5.91 Å². The molecule has 1 aliphatic rings. The lowest BCUT2D eigenvalue weighted by Gasteiger charge is -2.34. The van der Waals surface area contributed by atoms with E-state index >= 15 is 0 Å². The Bertz CT molecular complexity index is 1850. The molecule has 2 aromatic heterocycles. The first-order chi connectivity index (χ1) is 20.7. The fourth-order valence-corrected chi connectivity index (χ4v) is 6.08. The number of amides is 1. The molecule has 0 radical (unpaired) electrons. The number of aryl methyl sites for hydroxylation is 2. The number of ketones is 1. The number of aromatic hydroxyl groups is 1. The standard InChI is InChI=1S/C33H32N6O3S/c1-20-31(43-21(2)35-20)33(42)36-25-6-4-5-22(17-25)30(40)23-7-12-27-28(32(41)37-29(27)18-23)19-34-24-8-10-26(11-9-24)39-15-13-38(3)14-16-39/h4-12,17-19,37,41H,13-16H2,1-3H3,(H,36,42). The Morgan fingerprint density at radius 1 is 1.00 bits per heavy atom. The number of carbonyl (C=O) groups excluding carboxylic acids is 2. The highest BCUT2D eigenvalue weighted by atomic mass is 32.1. The largest absolute Gasteiger partial charge is 0.494 e. The average molecular weight is 593 g/mol. The van der Waals surface area contributed by atoms with Crippen LogP contribution >= 0.6 is 11.3 Å². The molecule has 0 spiro atoms. The summed E-state index contributed by atoms with van der Waals surface area (Å²) >= 11 is 1.33.